The first kappa shape index (κ1) is 28.8. The number of rotatable bonds is 13. The molecule has 0 aliphatic heterocycles. The van der Waals surface area contributed by atoms with Crippen molar-refractivity contribution in [3.8, 4) is 5.75 Å². The van der Waals surface area contributed by atoms with E-state index in [0.29, 0.717) is 20.8 Å². The number of Topliss-reactive ketones (excluding diaryl/α,β-unsaturated/α-hetero) is 1. The van der Waals surface area contributed by atoms with Crippen LogP contribution in [0.3, 0.4) is 0 Å². The minimum Gasteiger partial charge on any atom is -0.507 e. The Morgan fingerprint density at radius 2 is 1.38 bits per heavy atom. The number of ketones is 1. The van der Waals surface area contributed by atoms with Crippen molar-refractivity contribution in [1.82, 2.24) is 0 Å². The van der Waals surface area contributed by atoms with Crippen molar-refractivity contribution in [2.45, 2.75) is 70.9 Å². The molecule has 4 aromatic rings. The Morgan fingerprint density at radius 3 is 2.00 bits per heavy atom. The maximum atomic E-state index is 12.6. The molecule has 0 fully saturated rings. The Hall–Kier alpha value is -3.22. The van der Waals surface area contributed by atoms with Crippen LogP contribution in [-0.2, 0) is 18.0 Å². The Kier molecular flexibility index (Phi) is 10.1. The molecular formula is C36H41O2P. The number of carbonyl (C=O) groups excluding carboxylic acids is 1. The molecule has 39 heavy (non-hydrogen) atoms. The van der Waals surface area contributed by atoms with Crippen molar-refractivity contribution in [2.75, 3.05) is 0 Å². The smallest absolute Gasteiger partial charge is 0.160 e. The van der Waals surface area contributed by atoms with Crippen LogP contribution in [0.1, 0.15) is 91.1 Å². The van der Waals surface area contributed by atoms with E-state index in [9.17, 15) is 9.90 Å². The lowest BCUT2D eigenvalue weighted by atomic mass is 9.85. The Labute approximate surface area is 236 Å². The van der Waals surface area contributed by atoms with Crippen LogP contribution in [0.25, 0.3) is 0 Å². The van der Waals surface area contributed by atoms with E-state index in [1.807, 2.05) is 24.3 Å². The van der Waals surface area contributed by atoms with Gasteiger partial charge in [0.25, 0.3) is 0 Å². The third kappa shape index (κ3) is 7.25. The zero-order valence-electron chi connectivity index (χ0n) is 23.5. The molecule has 4 rings (SSSR count). The molecular weight excluding hydrogens is 495 g/mol. The summed E-state index contributed by atoms with van der Waals surface area (Å²) in [7, 11) is 0.390. The van der Waals surface area contributed by atoms with Crippen LogP contribution in [0, 0.1) is 0 Å². The van der Waals surface area contributed by atoms with Gasteiger partial charge < -0.3 is 5.11 Å². The van der Waals surface area contributed by atoms with Crippen molar-refractivity contribution in [3.63, 3.8) is 0 Å². The third-order valence-electron chi connectivity index (χ3n) is 7.74. The van der Waals surface area contributed by atoms with Gasteiger partial charge in [-0.15, -0.1) is 0 Å². The van der Waals surface area contributed by atoms with Gasteiger partial charge in [-0.25, -0.2) is 0 Å². The monoisotopic (exact) mass is 536 g/mol. The molecule has 0 amide bonds. The van der Waals surface area contributed by atoms with Crippen molar-refractivity contribution >= 4 is 19.7 Å². The highest BCUT2D eigenvalue weighted by molar-refractivity contribution is 7.48. The van der Waals surface area contributed by atoms with Gasteiger partial charge in [0, 0.05) is 22.7 Å². The predicted octanol–water partition coefficient (Wildman–Crippen LogP) is 8.97. The number of hydrogen-bond acceptors (Lipinski definition) is 2. The first-order valence-electron chi connectivity index (χ1n) is 14.3. The molecule has 0 bridgehead atoms. The summed E-state index contributed by atoms with van der Waals surface area (Å²) in [4.78, 5) is 12.6. The van der Waals surface area contributed by atoms with Gasteiger partial charge >= 0.3 is 0 Å². The van der Waals surface area contributed by atoms with Gasteiger partial charge in [-0.2, -0.15) is 0 Å². The molecule has 1 N–H and O–H groups in total. The van der Waals surface area contributed by atoms with Crippen LogP contribution in [-0.4, -0.2) is 10.9 Å². The Bertz CT molecular complexity index is 1360. The lowest BCUT2D eigenvalue weighted by molar-refractivity contribution is 0.101. The Balaban J connectivity index is 1.87. The van der Waals surface area contributed by atoms with Gasteiger partial charge in [-0.1, -0.05) is 139 Å². The maximum Gasteiger partial charge on any atom is 0.160 e. The van der Waals surface area contributed by atoms with E-state index in [0.717, 1.165) is 60.5 Å². The van der Waals surface area contributed by atoms with Crippen molar-refractivity contribution in [2.24, 2.45) is 0 Å². The molecule has 0 saturated heterocycles. The molecule has 2 nitrogen and oxygen atoms in total. The molecule has 2 atom stereocenters. The minimum atomic E-state index is -0.247. The standard InChI is InChI=1S/C36H41O2P/c1-4-6-15-22-36(5-2,39-34-21-14-13-20-32(34)27(3)37)33-26-30(23-28-16-9-7-10-17-28)25-31(35(33)38)24-29-18-11-8-12-19-29/h7-14,16-21,25-26,38-39H,4-6,15,22-24H2,1-3H3. The van der Waals surface area contributed by atoms with E-state index in [2.05, 4.69) is 86.6 Å². The molecule has 0 aliphatic rings. The average Bonchev–Trinajstić information content (AvgIpc) is 2.95. The number of hydrogen-bond donors (Lipinski definition) is 1. The second kappa shape index (κ2) is 13.7. The maximum absolute atomic E-state index is 12.6. The second-order valence-electron chi connectivity index (χ2n) is 10.6. The summed E-state index contributed by atoms with van der Waals surface area (Å²) >= 11 is 0. The molecule has 0 aliphatic carbocycles. The number of phenolic OH excluding ortho intramolecular Hbond substituents is 1. The normalized spacial score (nSPS) is 13.0. The summed E-state index contributed by atoms with van der Waals surface area (Å²) in [5.74, 6) is 0.519. The Morgan fingerprint density at radius 1 is 0.769 bits per heavy atom. The zero-order chi connectivity index (χ0) is 27.7. The molecule has 0 aromatic heterocycles. The average molecular weight is 537 g/mol. The number of phenols is 1. The molecule has 2 unspecified atom stereocenters. The van der Waals surface area contributed by atoms with Gasteiger partial charge in [0.1, 0.15) is 5.75 Å². The van der Waals surface area contributed by atoms with Gasteiger partial charge in [0.15, 0.2) is 5.78 Å². The summed E-state index contributed by atoms with van der Waals surface area (Å²) < 4.78 is 0. The van der Waals surface area contributed by atoms with E-state index < -0.39 is 0 Å². The third-order valence-corrected chi connectivity index (χ3v) is 9.80. The topological polar surface area (TPSA) is 37.3 Å². The van der Waals surface area contributed by atoms with Crippen molar-refractivity contribution < 1.29 is 9.90 Å². The van der Waals surface area contributed by atoms with Crippen LogP contribution < -0.4 is 5.30 Å². The van der Waals surface area contributed by atoms with E-state index >= 15 is 0 Å². The van der Waals surface area contributed by atoms with E-state index in [1.54, 1.807) is 6.92 Å². The lowest BCUT2D eigenvalue weighted by Gasteiger charge is -2.36. The molecule has 0 saturated carbocycles. The van der Waals surface area contributed by atoms with Crippen LogP contribution >= 0.6 is 8.58 Å². The molecule has 4 aromatic carbocycles. The summed E-state index contributed by atoms with van der Waals surface area (Å²) in [5.41, 5.74) is 6.48. The zero-order valence-corrected chi connectivity index (χ0v) is 24.5. The van der Waals surface area contributed by atoms with Crippen LogP contribution in [0.2, 0.25) is 0 Å². The molecule has 0 radical (unpaired) electrons. The molecule has 3 heteroatoms. The van der Waals surface area contributed by atoms with E-state index in [1.165, 1.54) is 16.7 Å². The SMILES string of the molecule is CCCCCC(CC)(Pc1ccccc1C(C)=O)c1cc(Cc2ccccc2)cc(Cc2ccccc2)c1O. The van der Waals surface area contributed by atoms with Crippen LogP contribution in [0.15, 0.2) is 97.1 Å². The summed E-state index contributed by atoms with van der Waals surface area (Å²) in [6.45, 7) is 6.14. The fourth-order valence-electron chi connectivity index (χ4n) is 5.56. The first-order chi connectivity index (χ1) is 19.0. The van der Waals surface area contributed by atoms with Gasteiger partial charge in [0.2, 0.25) is 0 Å². The van der Waals surface area contributed by atoms with Gasteiger partial charge in [-0.05, 0) is 53.7 Å². The number of unbranched alkanes of at least 4 members (excludes halogenated alkanes) is 2. The van der Waals surface area contributed by atoms with Crippen LogP contribution in [0.4, 0.5) is 0 Å². The van der Waals surface area contributed by atoms with E-state index in [4.69, 9.17) is 0 Å². The number of benzene rings is 4. The second-order valence-corrected chi connectivity index (χ2v) is 12.3. The quantitative estimate of drug-likeness (QED) is 0.105. The lowest BCUT2D eigenvalue weighted by Crippen LogP contribution is -2.25. The molecule has 202 valence electrons. The highest BCUT2D eigenvalue weighted by Crippen LogP contribution is 2.52. The first-order valence-corrected chi connectivity index (χ1v) is 15.3. The number of aromatic hydroxyl groups is 1. The largest absolute Gasteiger partial charge is 0.507 e. The van der Waals surface area contributed by atoms with Crippen molar-refractivity contribution in [1.29, 1.82) is 0 Å². The minimum absolute atomic E-state index is 0.100. The van der Waals surface area contributed by atoms with Gasteiger partial charge in [-0.3, -0.25) is 4.79 Å². The number of carbonyl (C=O) groups is 1. The molecule has 0 heterocycles. The highest BCUT2D eigenvalue weighted by atomic mass is 31.1. The van der Waals surface area contributed by atoms with E-state index in [-0.39, 0.29) is 10.9 Å². The fraction of sp³-hybridized carbons (Fsp3) is 0.306. The van der Waals surface area contributed by atoms with Gasteiger partial charge in [0.05, 0.1) is 0 Å². The summed E-state index contributed by atoms with van der Waals surface area (Å²) in [6, 6.07) is 33.5. The summed E-state index contributed by atoms with van der Waals surface area (Å²) in [6.07, 6.45) is 6.77. The molecule has 0 spiro atoms. The van der Waals surface area contributed by atoms with Crippen molar-refractivity contribution in [3.05, 3.63) is 130 Å². The fourth-order valence-corrected chi connectivity index (χ4v) is 7.46. The predicted molar refractivity (Wildman–Crippen MR) is 167 cm³/mol. The highest BCUT2D eigenvalue weighted by Gasteiger charge is 2.35. The summed E-state index contributed by atoms with van der Waals surface area (Å²) in [5, 5.41) is 12.8. The van der Waals surface area contributed by atoms with Crippen LogP contribution in [0.5, 0.6) is 5.75 Å².